The lowest BCUT2D eigenvalue weighted by Crippen LogP contribution is -2.51. The molecular weight excluding hydrogens is 413 g/mol. The van der Waals surface area contributed by atoms with Crippen LogP contribution >= 0.6 is 0 Å². The molecule has 1 saturated heterocycles. The van der Waals surface area contributed by atoms with Gasteiger partial charge in [0.2, 0.25) is 0 Å². The lowest BCUT2D eigenvalue weighted by molar-refractivity contribution is 0.0636. The number of benzene rings is 2. The fraction of sp³-hybridized carbons (Fsp3) is 0.250. The van der Waals surface area contributed by atoms with Crippen LogP contribution in [0.2, 0.25) is 0 Å². The zero-order chi connectivity index (χ0) is 22.5. The summed E-state index contributed by atoms with van der Waals surface area (Å²) in [7, 11) is 0. The van der Waals surface area contributed by atoms with E-state index in [1.165, 1.54) is 24.3 Å². The maximum atomic E-state index is 13.0. The van der Waals surface area contributed by atoms with E-state index in [1.54, 1.807) is 21.9 Å². The minimum Gasteiger partial charge on any atom is -0.486 e. The summed E-state index contributed by atoms with van der Waals surface area (Å²) in [5, 5.41) is 2.89. The van der Waals surface area contributed by atoms with Crippen molar-refractivity contribution in [3.63, 3.8) is 0 Å². The molecule has 0 saturated carbocycles. The second-order valence-corrected chi connectivity index (χ2v) is 7.59. The number of anilines is 1. The van der Waals surface area contributed by atoms with Crippen molar-refractivity contribution in [2.24, 2.45) is 0 Å². The smallest absolute Gasteiger partial charge is 0.321 e. The summed E-state index contributed by atoms with van der Waals surface area (Å²) in [6, 6.07) is 16.4. The molecule has 3 amide bonds. The van der Waals surface area contributed by atoms with Crippen molar-refractivity contribution in [2.75, 3.05) is 31.5 Å². The van der Waals surface area contributed by atoms with Crippen LogP contribution in [0.1, 0.15) is 21.9 Å². The highest BCUT2D eigenvalue weighted by atomic mass is 19.1. The number of urea groups is 1. The second kappa shape index (κ2) is 9.55. The molecule has 1 aliphatic rings. The van der Waals surface area contributed by atoms with Crippen molar-refractivity contribution in [3.05, 3.63) is 83.6 Å². The summed E-state index contributed by atoms with van der Waals surface area (Å²) >= 11 is 0. The Morgan fingerprint density at radius 3 is 2.44 bits per heavy atom. The van der Waals surface area contributed by atoms with E-state index < -0.39 is 0 Å². The number of halogens is 1. The first-order valence-corrected chi connectivity index (χ1v) is 10.4. The number of carbonyl (C=O) groups excluding carboxylic acids is 2. The SMILES string of the molecule is Cc1cccc(NC(=O)N2CCN(C(=O)c3ccc(COc4ccc(F)cc4)o3)CC2)c1. The first-order chi connectivity index (χ1) is 15.5. The third kappa shape index (κ3) is 5.26. The first kappa shape index (κ1) is 21.4. The van der Waals surface area contributed by atoms with E-state index in [9.17, 15) is 14.0 Å². The number of rotatable bonds is 5. The predicted molar refractivity (Wildman–Crippen MR) is 117 cm³/mol. The Labute approximate surface area is 185 Å². The molecule has 166 valence electrons. The van der Waals surface area contributed by atoms with Gasteiger partial charge in [-0.25, -0.2) is 9.18 Å². The summed E-state index contributed by atoms with van der Waals surface area (Å²) in [6.45, 7) is 3.81. The molecule has 1 fully saturated rings. The van der Waals surface area contributed by atoms with Gasteiger partial charge in [0.25, 0.3) is 5.91 Å². The number of hydrogen-bond donors (Lipinski definition) is 1. The number of nitrogens with zero attached hydrogens (tertiary/aromatic N) is 2. The van der Waals surface area contributed by atoms with E-state index >= 15 is 0 Å². The molecule has 2 heterocycles. The molecule has 0 radical (unpaired) electrons. The Kier molecular flexibility index (Phi) is 6.39. The molecule has 3 aromatic rings. The van der Waals surface area contributed by atoms with Gasteiger partial charge < -0.3 is 24.3 Å². The number of hydrogen-bond acceptors (Lipinski definition) is 4. The second-order valence-electron chi connectivity index (χ2n) is 7.59. The van der Waals surface area contributed by atoms with Crippen molar-refractivity contribution in [1.29, 1.82) is 0 Å². The van der Waals surface area contributed by atoms with Gasteiger partial charge in [0, 0.05) is 31.9 Å². The van der Waals surface area contributed by atoms with Gasteiger partial charge in [-0.15, -0.1) is 0 Å². The van der Waals surface area contributed by atoms with Gasteiger partial charge in [0.05, 0.1) is 0 Å². The Morgan fingerprint density at radius 1 is 1.00 bits per heavy atom. The fourth-order valence-electron chi connectivity index (χ4n) is 3.45. The first-order valence-electron chi connectivity index (χ1n) is 10.4. The molecular formula is C24H24FN3O4. The number of piperazine rings is 1. The van der Waals surface area contributed by atoms with Gasteiger partial charge in [0.1, 0.15) is 23.9 Å². The molecule has 0 unspecified atom stereocenters. The van der Waals surface area contributed by atoms with Gasteiger partial charge in [-0.3, -0.25) is 4.79 Å². The Morgan fingerprint density at radius 2 is 1.72 bits per heavy atom. The van der Waals surface area contributed by atoms with E-state index in [0.717, 1.165) is 11.3 Å². The normalized spacial score (nSPS) is 13.7. The highest BCUT2D eigenvalue weighted by Gasteiger charge is 2.26. The summed E-state index contributed by atoms with van der Waals surface area (Å²) < 4.78 is 24.1. The minimum atomic E-state index is -0.337. The van der Waals surface area contributed by atoms with Crippen molar-refractivity contribution >= 4 is 17.6 Å². The van der Waals surface area contributed by atoms with Crippen molar-refractivity contribution in [1.82, 2.24) is 9.80 Å². The van der Waals surface area contributed by atoms with Crippen molar-refractivity contribution in [3.8, 4) is 5.75 Å². The van der Waals surface area contributed by atoms with Crippen LogP contribution in [-0.2, 0) is 6.61 Å². The molecule has 8 heteroatoms. The predicted octanol–water partition coefficient (Wildman–Crippen LogP) is 4.30. The number of carbonyl (C=O) groups is 2. The van der Waals surface area contributed by atoms with Crippen molar-refractivity contribution < 1.29 is 23.1 Å². The number of aryl methyl sites for hydroxylation is 1. The third-order valence-corrected chi connectivity index (χ3v) is 5.19. The largest absolute Gasteiger partial charge is 0.486 e. The standard InChI is InChI=1S/C24H24FN3O4/c1-17-3-2-4-19(15-17)26-24(30)28-13-11-27(12-14-28)23(29)22-10-9-21(32-22)16-31-20-7-5-18(25)6-8-20/h2-10,15H,11-14,16H2,1H3,(H,26,30). The molecule has 2 aromatic carbocycles. The van der Waals surface area contributed by atoms with Gasteiger partial charge in [-0.1, -0.05) is 12.1 Å². The maximum absolute atomic E-state index is 13.0. The van der Waals surface area contributed by atoms with Crippen LogP contribution < -0.4 is 10.1 Å². The molecule has 7 nitrogen and oxygen atoms in total. The van der Waals surface area contributed by atoms with E-state index in [4.69, 9.17) is 9.15 Å². The number of nitrogens with one attached hydrogen (secondary N) is 1. The zero-order valence-electron chi connectivity index (χ0n) is 17.7. The molecule has 0 bridgehead atoms. The van der Waals surface area contributed by atoms with Gasteiger partial charge in [-0.2, -0.15) is 0 Å². The lowest BCUT2D eigenvalue weighted by atomic mass is 10.2. The van der Waals surface area contributed by atoms with E-state index in [0.29, 0.717) is 37.7 Å². The van der Waals surface area contributed by atoms with E-state index in [1.807, 2.05) is 31.2 Å². The average Bonchev–Trinajstić information content (AvgIpc) is 3.27. The molecule has 1 N–H and O–H groups in total. The Hall–Kier alpha value is -3.81. The highest BCUT2D eigenvalue weighted by Crippen LogP contribution is 2.17. The monoisotopic (exact) mass is 437 g/mol. The van der Waals surface area contributed by atoms with Crippen LogP contribution in [-0.4, -0.2) is 47.9 Å². The van der Waals surface area contributed by atoms with E-state index in [2.05, 4.69) is 5.32 Å². The Bertz CT molecular complexity index is 1090. The molecule has 0 aliphatic carbocycles. The van der Waals surface area contributed by atoms with Crippen LogP contribution in [0.4, 0.5) is 14.9 Å². The molecule has 1 aliphatic heterocycles. The van der Waals surface area contributed by atoms with Gasteiger partial charge >= 0.3 is 6.03 Å². The van der Waals surface area contributed by atoms with E-state index in [-0.39, 0.29) is 30.1 Å². The summed E-state index contributed by atoms with van der Waals surface area (Å²) in [6.07, 6.45) is 0. The van der Waals surface area contributed by atoms with Crippen LogP contribution in [0.15, 0.2) is 65.1 Å². The third-order valence-electron chi connectivity index (χ3n) is 5.19. The van der Waals surface area contributed by atoms with Crippen LogP contribution in [0, 0.1) is 12.7 Å². The quantitative estimate of drug-likeness (QED) is 0.646. The van der Waals surface area contributed by atoms with Gasteiger partial charge in [0.15, 0.2) is 5.76 Å². The fourth-order valence-corrected chi connectivity index (χ4v) is 3.45. The maximum Gasteiger partial charge on any atom is 0.321 e. The average molecular weight is 437 g/mol. The van der Waals surface area contributed by atoms with Crippen LogP contribution in [0.25, 0.3) is 0 Å². The summed E-state index contributed by atoms with van der Waals surface area (Å²) in [5.41, 5.74) is 1.82. The molecule has 0 atom stereocenters. The molecule has 1 aromatic heterocycles. The van der Waals surface area contributed by atoms with Gasteiger partial charge in [-0.05, 0) is 61.0 Å². The Balaban J connectivity index is 1.27. The summed E-state index contributed by atoms with van der Waals surface area (Å²) in [4.78, 5) is 28.6. The van der Waals surface area contributed by atoms with Crippen LogP contribution in [0.3, 0.4) is 0 Å². The van der Waals surface area contributed by atoms with Crippen LogP contribution in [0.5, 0.6) is 5.75 Å². The number of furan rings is 1. The van der Waals surface area contributed by atoms with Crippen molar-refractivity contribution in [2.45, 2.75) is 13.5 Å². The zero-order valence-corrected chi connectivity index (χ0v) is 17.7. The summed E-state index contributed by atoms with van der Waals surface area (Å²) in [5.74, 6) is 0.665. The lowest BCUT2D eigenvalue weighted by Gasteiger charge is -2.34. The highest BCUT2D eigenvalue weighted by molar-refractivity contribution is 5.92. The number of amides is 3. The molecule has 32 heavy (non-hydrogen) atoms. The minimum absolute atomic E-state index is 0.131. The molecule has 0 spiro atoms. The topological polar surface area (TPSA) is 75.0 Å². The molecule has 4 rings (SSSR count). The number of ether oxygens (including phenoxy) is 1.